The number of halogens is 2. The molecule has 0 heterocycles. The standard InChI is InChI=1S/C23H27Cl2N3O6/c1-4-5-10-26-23(30)15(2)27(13-16-6-8-18(24)19(25)11-16)22(29)14-34-17-7-9-20(28(31)32)21(12-17)33-3/h6-9,11-12,15H,4-5,10,13-14H2,1-3H3,(H,26,30)/t15-/m0/s1. The maximum absolute atomic E-state index is 13.1. The number of rotatable bonds is 12. The average molecular weight is 512 g/mol. The molecule has 2 amide bonds. The Morgan fingerprint density at radius 1 is 1.18 bits per heavy atom. The summed E-state index contributed by atoms with van der Waals surface area (Å²) in [4.78, 5) is 37.6. The quantitative estimate of drug-likeness (QED) is 0.252. The maximum atomic E-state index is 13.1. The number of carbonyl (C=O) groups is 2. The molecule has 0 radical (unpaired) electrons. The topological polar surface area (TPSA) is 111 Å². The maximum Gasteiger partial charge on any atom is 0.311 e. The zero-order valence-corrected chi connectivity index (χ0v) is 20.7. The minimum atomic E-state index is -0.784. The summed E-state index contributed by atoms with van der Waals surface area (Å²) < 4.78 is 10.6. The molecule has 0 saturated heterocycles. The van der Waals surface area contributed by atoms with Crippen molar-refractivity contribution < 1.29 is 24.0 Å². The molecule has 11 heteroatoms. The Balaban J connectivity index is 2.19. The number of carbonyl (C=O) groups excluding carboxylic acids is 2. The predicted octanol–water partition coefficient (Wildman–Crippen LogP) is 4.62. The second kappa shape index (κ2) is 13.0. The van der Waals surface area contributed by atoms with Crippen molar-refractivity contribution >= 4 is 40.7 Å². The lowest BCUT2D eigenvalue weighted by atomic mass is 10.1. The summed E-state index contributed by atoms with van der Waals surface area (Å²) in [6.45, 7) is 3.86. The highest BCUT2D eigenvalue weighted by Crippen LogP contribution is 2.31. The van der Waals surface area contributed by atoms with Crippen LogP contribution in [0.4, 0.5) is 5.69 Å². The van der Waals surface area contributed by atoms with Crippen LogP contribution in [0.2, 0.25) is 10.0 Å². The molecule has 0 aliphatic rings. The SMILES string of the molecule is CCCCNC(=O)[C@H](C)N(Cc1ccc(Cl)c(Cl)c1)C(=O)COc1ccc([N+](=O)[O-])c(OC)c1. The zero-order chi connectivity index (χ0) is 25.3. The third-order valence-corrected chi connectivity index (χ3v) is 5.78. The molecule has 0 unspecified atom stereocenters. The van der Waals surface area contributed by atoms with Crippen molar-refractivity contribution in [2.24, 2.45) is 0 Å². The van der Waals surface area contributed by atoms with Gasteiger partial charge in [0.15, 0.2) is 6.61 Å². The summed E-state index contributed by atoms with van der Waals surface area (Å²) >= 11 is 12.1. The van der Waals surface area contributed by atoms with Crippen molar-refractivity contribution in [2.45, 2.75) is 39.3 Å². The summed E-state index contributed by atoms with van der Waals surface area (Å²) in [5.74, 6) is -0.531. The highest BCUT2D eigenvalue weighted by molar-refractivity contribution is 6.42. The molecule has 184 valence electrons. The van der Waals surface area contributed by atoms with E-state index in [0.717, 1.165) is 12.8 Å². The number of nitro benzene ring substituents is 1. The Morgan fingerprint density at radius 3 is 2.53 bits per heavy atom. The molecule has 1 N–H and O–H groups in total. The van der Waals surface area contributed by atoms with Gasteiger partial charge in [0.25, 0.3) is 5.91 Å². The first kappa shape index (κ1) is 27.2. The third-order valence-electron chi connectivity index (χ3n) is 5.04. The predicted molar refractivity (Wildman–Crippen MR) is 130 cm³/mol. The molecule has 0 bridgehead atoms. The number of nitrogens with zero attached hydrogens (tertiary/aromatic N) is 2. The molecular formula is C23H27Cl2N3O6. The van der Waals surface area contributed by atoms with Crippen molar-refractivity contribution in [3.8, 4) is 11.5 Å². The van der Waals surface area contributed by atoms with E-state index in [9.17, 15) is 19.7 Å². The van der Waals surface area contributed by atoms with Gasteiger partial charge in [0, 0.05) is 25.2 Å². The molecule has 2 rings (SSSR count). The number of hydrogen-bond acceptors (Lipinski definition) is 6. The first-order valence-corrected chi connectivity index (χ1v) is 11.4. The van der Waals surface area contributed by atoms with E-state index in [1.807, 2.05) is 6.92 Å². The van der Waals surface area contributed by atoms with Gasteiger partial charge in [-0.2, -0.15) is 0 Å². The molecule has 2 aromatic carbocycles. The summed E-state index contributed by atoms with van der Waals surface area (Å²) in [5.41, 5.74) is 0.466. The summed E-state index contributed by atoms with van der Waals surface area (Å²) in [5, 5.41) is 14.6. The molecule has 0 saturated carbocycles. The first-order chi connectivity index (χ1) is 16.2. The van der Waals surface area contributed by atoms with E-state index in [1.165, 1.54) is 30.2 Å². The minimum Gasteiger partial charge on any atom is -0.490 e. The number of amides is 2. The summed E-state index contributed by atoms with van der Waals surface area (Å²) in [6, 6.07) is 8.12. The first-order valence-electron chi connectivity index (χ1n) is 10.6. The van der Waals surface area contributed by atoms with Crippen molar-refractivity contribution in [3.05, 3.63) is 62.1 Å². The lowest BCUT2D eigenvalue weighted by molar-refractivity contribution is -0.385. The van der Waals surface area contributed by atoms with Gasteiger partial charge in [0.2, 0.25) is 11.7 Å². The minimum absolute atomic E-state index is 0.00582. The Hall–Kier alpha value is -3.04. The van der Waals surface area contributed by atoms with Crippen molar-refractivity contribution in [3.63, 3.8) is 0 Å². The van der Waals surface area contributed by atoms with Gasteiger partial charge in [-0.3, -0.25) is 19.7 Å². The van der Waals surface area contributed by atoms with Crippen molar-refractivity contribution in [1.82, 2.24) is 10.2 Å². The molecule has 0 aliphatic carbocycles. The van der Waals surface area contributed by atoms with Crippen molar-refractivity contribution in [2.75, 3.05) is 20.3 Å². The number of nitro groups is 1. The van der Waals surface area contributed by atoms with Crippen LogP contribution < -0.4 is 14.8 Å². The van der Waals surface area contributed by atoms with E-state index < -0.39 is 23.5 Å². The Morgan fingerprint density at radius 2 is 1.91 bits per heavy atom. The van der Waals surface area contributed by atoms with Crippen LogP contribution in [0.1, 0.15) is 32.3 Å². The number of unbranched alkanes of at least 4 members (excludes halogenated alkanes) is 1. The second-order valence-corrected chi connectivity index (χ2v) is 8.28. The summed E-state index contributed by atoms with van der Waals surface area (Å²) in [7, 11) is 1.30. The smallest absolute Gasteiger partial charge is 0.311 e. The monoisotopic (exact) mass is 511 g/mol. The molecule has 9 nitrogen and oxygen atoms in total. The Kier molecular flexibility index (Phi) is 10.4. The van der Waals surface area contributed by atoms with Crippen LogP contribution in [0.5, 0.6) is 11.5 Å². The Bertz CT molecular complexity index is 1030. The Labute approximate surface area is 208 Å². The van der Waals surface area contributed by atoms with E-state index in [2.05, 4.69) is 5.32 Å². The molecular weight excluding hydrogens is 485 g/mol. The number of nitrogens with one attached hydrogen (secondary N) is 1. The van der Waals surface area contributed by atoms with Crippen LogP contribution in [0, 0.1) is 10.1 Å². The van der Waals surface area contributed by atoms with E-state index in [-0.39, 0.29) is 29.6 Å². The molecule has 0 aliphatic heterocycles. The van der Waals surface area contributed by atoms with Crippen LogP contribution in [-0.4, -0.2) is 47.9 Å². The molecule has 34 heavy (non-hydrogen) atoms. The molecule has 0 aromatic heterocycles. The molecule has 0 fully saturated rings. The van der Waals surface area contributed by atoms with Crippen LogP contribution in [0.25, 0.3) is 0 Å². The van der Waals surface area contributed by atoms with E-state index >= 15 is 0 Å². The highest BCUT2D eigenvalue weighted by Gasteiger charge is 2.27. The molecule has 1 atom stereocenters. The van der Waals surface area contributed by atoms with Crippen LogP contribution in [0.15, 0.2) is 36.4 Å². The van der Waals surface area contributed by atoms with E-state index in [0.29, 0.717) is 22.2 Å². The number of methoxy groups -OCH3 is 1. The van der Waals surface area contributed by atoms with E-state index in [4.69, 9.17) is 32.7 Å². The number of benzene rings is 2. The largest absolute Gasteiger partial charge is 0.490 e. The van der Waals surface area contributed by atoms with Gasteiger partial charge in [0.1, 0.15) is 11.8 Å². The molecule has 0 spiro atoms. The van der Waals surface area contributed by atoms with Gasteiger partial charge in [-0.15, -0.1) is 0 Å². The lowest BCUT2D eigenvalue weighted by Crippen LogP contribution is -2.49. The van der Waals surface area contributed by atoms with Gasteiger partial charge >= 0.3 is 5.69 Å². The van der Waals surface area contributed by atoms with Gasteiger partial charge in [-0.1, -0.05) is 42.6 Å². The fourth-order valence-corrected chi connectivity index (χ4v) is 3.40. The zero-order valence-electron chi connectivity index (χ0n) is 19.2. The van der Waals surface area contributed by atoms with Gasteiger partial charge in [-0.25, -0.2) is 0 Å². The fourth-order valence-electron chi connectivity index (χ4n) is 3.08. The van der Waals surface area contributed by atoms with Crippen LogP contribution in [-0.2, 0) is 16.1 Å². The molecule has 2 aromatic rings. The third kappa shape index (κ3) is 7.50. The van der Waals surface area contributed by atoms with Gasteiger partial charge < -0.3 is 19.7 Å². The normalized spacial score (nSPS) is 11.4. The lowest BCUT2D eigenvalue weighted by Gasteiger charge is -2.29. The second-order valence-electron chi connectivity index (χ2n) is 7.47. The number of ether oxygens (including phenoxy) is 2. The van der Waals surface area contributed by atoms with Crippen LogP contribution >= 0.6 is 23.2 Å². The van der Waals surface area contributed by atoms with E-state index in [1.54, 1.807) is 25.1 Å². The van der Waals surface area contributed by atoms with Crippen LogP contribution in [0.3, 0.4) is 0 Å². The average Bonchev–Trinajstić information content (AvgIpc) is 2.82. The summed E-state index contributed by atoms with van der Waals surface area (Å²) in [6.07, 6.45) is 1.75. The van der Waals surface area contributed by atoms with Gasteiger partial charge in [0.05, 0.1) is 22.1 Å². The number of hydrogen-bond donors (Lipinski definition) is 1. The van der Waals surface area contributed by atoms with Crippen molar-refractivity contribution in [1.29, 1.82) is 0 Å². The highest BCUT2D eigenvalue weighted by atomic mass is 35.5. The fraction of sp³-hybridized carbons (Fsp3) is 0.391. The van der Waals surface area contributed by atoms with Gasteiger partial charge in [-0.05, 0) is 37.1 Å².